The summed E-state index contributed by atoms with van der Waals surface area (Å²) in [5, 5.41) is 9.48. The highest BCUT2D eigenvalue weighted by Gasteiger charge is 2.29. The molecule has 0 aliphatic rings. The van der Waals surface area contributed by atoms with Crippen molar-refractivity contribution in [3.63, 3.8) is 0 Å². The first-order valence-electron chi connectivity index (χ1n) is 16.2. The molecule has 0 bridgehead atoms. The first kappa shape index (κ1) is 28.4. The van der Waals surface area contributed by atoms with Crippen LogP contribution in [0, 0.1) is 0 Å². The molecule has 0 atom stereocenters. The minimum absolute atomic E-state index is 0.828. The van der Waals surface area contributed by atoms with E-state index in [1.807, 2.05) is 72.8 Å². The molecule has 0 amide bonds. The molecule has 0 radical (unpaired) electrons. The van der Waals surface area contributed by atoms with Crippen molar-refractivity contribution >= 4 is 66.4 Å². The Balaban J connectivity index is 1.17. The van der Waals surface area contributed by atoms with Crippen molar-refractivity contribution in [1.29, 1.82) is 0 Å². The molecule has 0 saturated heterocycles. The van der Waals surface area contributed by atoms with Crippen molar-refractivity contribution in [3.05, 3.63) is 182 Å². The van der Waals surface area contributed by atoms with Gasteiger partial charge >= 0.3 is 0 Å². The van der Waals surface area contributed by atoms with Crippen LogP contribution in [0.2, 0.25) is 0 Å². The maximum absolute atomic E-state index is 14.8. The van der Waals surface area contributed by atoms with Crippen molar-refractivity contribution in [2.45, 2.75) is 0 Å². The van der Waals surface area contributed by atoms with Crippen molar-refractivity contribution in [2.75, 3.05) is 0 Å². The van der Waals surface area contributed by atoms with Crippen molar-refractivity contribution < 1.29 is 4.57 Å². The molecule has 0 unspecified atom stereocenters. The Bertz CT molecular complexity index is 2530. The highest BCUT2D eigenvalue weighted by atomic mass is 31.2. The molecule has 0 aliphatic heterocycles. The number of benzene rings is 8. The van der Waals surface area contributed by atoms with Gasteiger partial charge in [-0.25, -0.2) is 4.98 Å². The van der Waals surface area contributed by atoms with E-state index in [9.17, 15) is 4.57 Å². The van der Waals surface area contributed by atoms with Crippen LogP contribution in [0.5, 0.6) is 0 Å². The van der Waals surface area contributed by atoms with Crippen LogP contribution in [0.25, 0.3) is 65.6 Å². The third kappa shape index (κ3) is 4.57. The van der Waals surface area contributed by atoms with Gasteiger partial charge in [-0.05, 0) is 27.5 Å². The van der Waals surface area contributed by atoms with Crippen LogP contribution in [-0.2, 0) is 4.57 Å². The summed E-state index contributed by atoms with van der Waals surface area (Å²) in [6.07, 6.45) is 0. The largest absolute Gasteiger partial charge is 0.309 e. The van der Waals surface area contributed by atoms with Crippen LogP contribution in [0.15, 0.2) is 182 Å². The average Bonchev–Trinajstić information content (AvgIpc) is 3.17. The molecule has 0 saturated carbocycles. The monoisotopic (exact) mass is 631 g/mol. The number of aromatic nitrogens is 1. The number of nitrogens with zero attached hydrogens (tertiary/aromatic N) is 1. The summed E-state index contributed by atoms with van der Waals surface area (Å²) in [5.74, 6) is 0. The van der Waals surface area contributed by atoms with Gasteiger partial charge in [0, 0.05) is 43.0 Å². The maximum Gasteiger partial charge on any atom is 0.171 e. The van der Waals surface area contributed by atoms with Crippen LogP contribution in [-0.4, -0.2) is 4.98 Å². The van der Waals surface area contributed by atoms with Crippen molar-refractivity contribution in [3.8, 4) is 22.3 Å². The summed E-state index contributed by atoms with van der Waals surface area (Å²) < 4.78 is 14.8. The number of hydrogen-bond donors (Lipinski definition) is 0. The minimum atomic E-state index is -3.02. The smallest absolute Gasteiger partial charge is 0.171 e. The number of hydrogen-bond acceptors (Lipinski definition) is 2. The highest BCUT2D eigenvalue weighted by molar-refractivity contribution is 7.85. The Morgan fingerprint density at radius 1 is 0.333 bits per heavy atom. The topological polar surface area (TPSA) is 30.0 Å². The third-order valence-corrected chi connectivity index (χ3v) is 12.6. The normalized spacial score (nSPS) is 11.8. The molecule has 0 aliphatic carbocycles. The molecule has 1 heterocycles. The van der Waals surface area contributed by atoms with E-state index in [-0.39, 0.29) is 0 Å². The van der Waals surface area contributed by atoms with Gasteiger partial charge in [0.1, 0.15) is 0 Å². The predicted molar refractivity (Wildman–Crippen MR) is 205 cm³/mol. The Morgan fingerprint density at radius 3 is 1.23 bits per heavy atom. The fraction of sp³-hybridized carbons (Fsp3) is 0. The molecule has 48 heavy (non-hydrogen) atoms. The lowest BCUT2D eigenvalue weighted by atomic mass is 9.91. The molecule has 1 aromatic heterocycles. The van der Waals surface area contributed by atoms with Crippen LogP contribution in [0.4, 0.5) is 0 Å². The Hall–Kier alpha value is -5.82. The summed E-state index contributed by atoms with van der Waals surface area (Å²) in [7, 11) is -3.02. The lowest BCUT2D eigenvalue weighted by molar-refractivity contribution is 0.592. The van der Waals surface area contributed by atoms with E-state index in [0.717, 1.165) is 65.2 Å². The number of rotatable bonds is 5. The molecule has 0 N–H and O–H groups in total. The predicted octanol–water partition coefficient (Wildman–Crippen LogP) is 10.7. The molecule has 9 aromatic rings. The lowest BCUT2D eigenvalue weighted by Gasteiger charge is -2.20. The second kappa shape index (κ2) is 11.5. The second-order valence-corrected chi connectivity index (χ2v) is 15.0. The van der Waals surface area contributed by atoms with Gasteiger partial charge in [0.15, 0.2) is 7.14 Å². The van der Waals surface area contributed by atoms with E-state index < -0.39 is 7.14 Å². The summed E-state index contributed by atoms with van der Waals surface area (Å²) in [5.41, 5.74) is 6.58. The van der Waals surface area contributed by atoms with E-state index in [1.54, 1.807) is 0 Å². The first-order valence-corrected chi connectivity index (χ1v) is 17.9. The Morgan fingerprint density at radius 2 is 0.729 bits per heavy atom. The van der Waals surface area contributed by atoms with Gasteiger partial charge in [-0.3, -0.25) is 0 Å². The van der Waals surface area contributed by atoms with Gasteiger partial charge in [0.2, 0.25) is 0 Å². The molecule has 2 nitrogen and oxygen atoms in total. The van der Waals surface area contributed by atoms with Gasteiger partial charge in [-0.2, -0.15) is 0 Å². The summed E-state index contributed by atoms with van der Waals surface area (Å²) in [6.45, 7) is 0. The second-order valence-electron chi connectivity index (χ2n) is 12.3. The molecule has 9 rings (SSSR count). The van der Waals surface area contributed by atoms with Crippen molar-refractivity contribution in [2.24, 2.45) is 0 Å². The zero-order chi connectivity index (χ0) is 32.1. The maximum atomic E-state index is 14.8. The quantitative estimate of drug-likeness (QED) is 0.107. The van der Waals surface area contributed by atoms with Gasteiger partial charge in [0.05, 0.1) is 11.0 Å². The van der Waals surface area contributed by atoms with Gasteiger partial charge in [-0.15, -0.1) is 0 Å². The zero-order valence-corrected chi connectivity index (χ0v) is 27.0. The van der Waals surface area contributed by atoms with E-state index in [0.29, 0.717) is 0 Å². The molecule has 0 fully saturated rings. The zero-order valence-electron chi connectivity index (χ0n) is 26.1. The molecule has 3 heteroatoms. The molecular weight excluding hydrogens is 601 g/mol. The Labute approximate surface area is 279 Å². The highest BCUT2D eigenvalue weighted by Crippen LogP contribution is 2.43. The van der Waals surface area contributed by atoms with Crippen molar-refractivity contribution in [1.82, 2.24) is 4.98 Å². The van der Waals surface area contributed by atoms with Gasteiger partial charge < -0.3 is 4.57 Å². The third-order valence-electron chi connectivity index (χ3n) is 9.54. The first-order chi connectivity index (χ1) is 23.7. The fourth-order valence-electron chi connectivity index (χ4n) is 7.14. The standard InChI is InChI=1S/C45H30NOP/c47-48(36-13-3-1-4-14-36,37-15-5-2-6-16-37)38-27-23-32(24-28-38)31-19-21-35(22-20-31)43-41-29-25-33-11-7-9-17-39(33)44(41)46-45-40-18-10-8-12-34(40)26-30-42(43)45/h1-30H. The fourth-order valence-corrected chi connectivity index (χ4v) is 9.79. The molecule has 226 valence electrons. The van der Waals surface area contributed by atoms with Crippen LogP contribution >= 0.6 is 7.14 Å². The molecule has 8 aromatic carbocycles. The summed E-state index contributed by atoms with van der Waals surface area (Å²) in [4.78, 5) is 5.33. The van der Waals surface area contributed by atoms with Crippen LogP contribution < -0.4 is 15.9 Å². The van der Waals surface area contributed by atoms with E-state index in [4.69, 9.17) is 4.98 Å². The van der Waals surface area contributed by atoms with Gasteiger partial charge in [0.25, 0.3) is 0 Å². The van der Waals surface area contributed by atoms with Gasteiger partial charge in [-0.1, -0.05) is 182 Å². The molecule has 0 spiro atoms. The SMILES string of the molecule is O=P(c1ccccc1)(c1ccccc1)c1ccc(-c2ccc(-c3c4ccc5ccccc5c4nc4c3ccc3ccccc34)cc2)cc1. The minimum Gasteiger partial charge on any atom is -0.309 e. The lowest BCUT2D eigenvalue weighted by Crippen LogP contribution is -2.24. The van der Waals surface area contributed by atoms with E-state index in [1.165, 1.54) is 16.3 Å². The Kier molecular flexibility index (Phi) is 6.78. The summed E-state index contributed by atoms with van der Waals surface area (Å²) in [6, 6.07) is 62.6. The number of fused-ring (bicyclic) bond motifs is 6. The molecular formula is C45H30NOP. The summed E-state index contributed by atoms with van der Waals surface area (Å²) >= 11 is 0. The average molecular weight is 632 g/mol. The van der Waals surface area contributed by atoms with E-state index >= 15 is 0 Å². The van der Waals surface area contributed by atoms with Crippen LogP contribution in [0.3, 0.4) is 0 Å². The van der Waals surface area contributed by atoms with Crippen LogP contribution in [0.1, 0.15) is 0 Å². The number of pyridine rings is 1. The van der Waals surface area contributed by atoms with E-state index in [2.05, 4.69) is 109 Å².